The monoisotopic (exact) mass is 253 g/mol. The van der Waals surface area contributed by atoms with E-state index in [1.807, 2.05) is 13.0 Å². The number of nitrogens with zero attached hydrogens (tertiary/aromatic N) is 2. The number of aryl methyl sites for hydroxylation is 1. The summed E-state index contributed by atoms with van der Waals surface area (Å²) in [5.41, 5.74) is 0.883. The minimum absolute atomic E-state index is 0.256. The summed E-state index contributed by atoms with van der Waals surface area (Å²) in [5.74, 6) is 1.20. The van der Waals surface area contributed by atoms with Gasteiger partial charge in [0, 0.05) is 18.3 Å². The highest BCUT2D eigenvalue weighted by molar-refractivity contribution is 5.30. The second kappa shape index (κ2) is 7.87. The lowest BCUT2D eigenvalue weighted by molar-refractivity contribution is 0.183. The third-order valence-corrected chi connectivity index (χ3v) is 2.37. The zero-order valence-corrected chi connectivity index (χ0v) is 11.4. The quantitative estimate of drug-likeness (QED) is 0.695. The predicted molar refractivity (Wildman–Crippen MR) is 72.0 cm³/mol. The summed E-state index contributed by atoms with van der Waals surface area (Å²) in [7, 11) is 0. The molecule has 0 saturated heterocycles. The van der Waals surface area contributed by atoms with Gasteiger partial charge in [-0.25, -0.2) is 4.98 Å². The molecule has 2 N–H and O–H groups in total. The highest BCUT2D eigenvalue weighted by Gasteiger charge is 2.03. The van der Waals surface area contributed by atoms with E-state index in [-0.39, 0.29) is 6.10 Å². The van der Waals surface area contributed by atoms with Crippen molar-refractivity contribution >= 4 is 5.95 Å². The summed E-state index contributed by atoms with van der Waals surface area (Å²) >= 11 is 0. The average Bonchev–Trinajstić information content (AvgIpc) is 2.31. The molecule has 102 valence electrons. The summed E-state index contributed by atoms with van der Waals surface area (Å²) in [5, 5.41) is 12.3. The number of aromatic nitrogens is 2. The van der Waals surface area contributed by atoms with Crippen molar-refractivity contribution in [1.29, 1.82) is 0 Å². The lowest BCUT2D eigenvalue weighted by Gasteiger charge is -2.09. The van der Waals surface area contributed by atoms with Gasteiger partial charge in [0.1, 0.15) is 0 Å². The normalized spacial score (nSPS) is 12.2. The van der Waals surface area contributed by atoms with E-state index in [0.717, 1.165) is 31.5 Å². The molecular weight excluding hydrogens is 230 g/mol. The Morgan fingerprint density at radius 1 is 1.44 bits per heavy atom. The Hall–Kier alpha value is -1.36. The first-order valence-electron chi connectivity index (χ1n) is 6.52. The molecule has 1 atom stereocenters. The highest BCUT2D eigenvalue weighted by atomic mass is 16.5. The van der Waals surface area contributed by atoms with E-state index >= 15 is 0 Å². The van der Waals surface area contributed by atoms with E-state index in [1.54, 1.807) is 6.92 Å². The van der Waals surface area contributed by atoms with Gasteiger partial charge >= 0.3 is 0 Å². The minimum atomic E-state index is -0.256. The Morgan fingerprint density at radius 2 is 2.22 bits per heavy atom. The van der Waals surface area contributed by atoms with Crippen LogP contribution in [0, 0.1) is 6.92 Å². The molecule has 1 rings (SSSR count). The number of hydrogen-bond donors (Lipinski definition) is 2. The van der Waals surface area contributed by atoms with Crippen LogP contribution in [0.1, 0.15) is 38.8 Å². The Kier molecular flexibility index (Phi) is 6.43. The fourth-order valence-corrected chi connectivity index (χ4v) is 1.50. The van der Waals surface area contributed by atoms with Crippen LogP contribution >= 0.6 is 0 Å². The van der Waals surface area contributed by atoms with E-state index in [0.29, 0.717) is 18.4 Å². The first kappa shape index (κ1) is 14.7. The molecule has 0 aromatic carbocycles. The SMILES string of the molecule is CCCOc1cc(C)nc(NCCCC(C)O)n1. The maximum Gasteiger partial charge on any atom is 0.226 e. The van der Waals surface area contributed by atoms with Gasteiger partial charge in [-0.05, 0) is 33.1 Å². The maximum absolute atomic E-state index is 9.16. The third kappa shape index (κ3) is 5.82. The molecule has 5 heteroatoms. The van der Waals surface area contributed by atoms with Gasteiger partial charge in [-0.2, -0.15) is 4.98 Å². The summed E-state index contributed by atoms with van der Waals surface area (Å²) in [4.78, 5) is 8.57. The van der Waals surface area contributed by atoms with Gasteiger partial charge in [0.2, 0.25) is 11.8 Å². The second-order valence-electron chi connectivity index (χ2n) is 4.44. The van der Waals surface area contributed by atoms with Gasteiger partial charge < -0.3 is 15.2 Å². The van der Waals surface area contributed by atoms with Gasteiger partial charge in [0.05, 0.1) is 12.7 Å². The second-order valence-corrected chi connectivity index (χ2v) is 4.44. The molecular formula is C13H23N3O2. The summed E-state index contributed by atoms with van der Waals surface area (Å²) in [6.45, 7) is 7.18. The molecule has 1 aromatic heterocycles. The molecule has 0 aliphatic carbocycles. The molecule has 1 unspecified atom stereocenters. The van der Waals surface area contributed by atoms with Crippen molar-refractivity contribution in [2.24, 2.45) is 0 Å². The highest BCUT2D eigenvalue weighted by Crippen LogP contribution is 2.12. The van der Waals surface area contributed by atoms with Gasteiger partial charge in [0.25, 0.3) is 0 Å². The van der Waals surface area contributed by atoms with Crippen LogP contribution in [0.15, 0.2) is 6.07 Å². The first-order chi connectivity index (χ1) is 8.61. The number of aliphatic hydroxyl groups excluding tert-OH is 1. The topological polar surface area (TPSA) is 67.3 Å². The van der Waals surface area contributed by atoms with Crippen molar-refractivity contribution in [1.82, 2.24) is 9.97 Å². The van der Waals surface area contributed by atoms with Crippen molar-refractivity contribution in [3.63, 3.8) is 0 Å². The lowest BCUT2D eigenvalue weighted by Crippen LogP contribution is -2.10. The summed E-state index contributed by atoms with van der Waals surface area (Å²) in [6.07, 6.45) is 2.37. The van der Waals surface area contributed by atoms with E-state index in [4.69, 9.17) is 9.84 Å². The average molecular weight is 253 g/mol. The molecule has 0 radical (unpaired) electrons. The minimum Gasteiger partial charge on any atom is -0.478 e. The molecule has 0 aliphatic rings. The smallest absolute Gasteiger partial charge is 0.226 e. The Balaban J connectivity index is 2.46. The number of aliphatic hydroxyl groups is 1. The molecule has 0 saturated carbocycles. The van der Waals surface area contributed by atoms with Crippen molar-refractivity contribution in [2.75, 3.05) is 18.5 Å². The van der Waals surface area contributed by atoms with Gasteiger partial charge in [-0.1, -0.05) is 6.92 Å². The number of rotatable bonds is 8. The third-order valence-electron chi connectivity index (χ3n) is 2.37. The predicted octanol–water partition coefficient (Wildman–Crippen LogP) is 2.15. The van der Waals surface area contributed by atoms with Crippen LogP contribution in [0.2, 0.25) is 0 Å². The van der Waals surface area contributed by atoms with E-state index in [9.17, 15) is 0 Å². The molecule has 1 aromatic rings. The fourth-order valence-electron chi connectivity index (χ4n) is 1.50. The molecule has 5 nitrogen and oxygen atoms in total. The fraction of sp³-hybridized carbons (Fsp3) is 0.692. The number of hydrogen-bond acceptors (Lipinski definition) is 5. The van der Waals surface area contributed by atoms with Crippen LogP contribution in [0.25, 0.3) is 0 Å². The zero-order valence-electron chi connectivity index (χ0n) is 11.4. The van der Waals surface area contributed by atoms with Gasteiger partial charge in [0.15, 0.2) is 0 Å². The number of anilines is 1. The van der Waals surface area contributed by atoms with E-state index < -0.39 is 0 Å². The summed E-state index contributed by atoms with van der Waals surface area (Å²) in [6, 6.07) is 1.83. The van der Waals surface area contributed by atoms with Crippen molar-refractivity contribution in [3.05, 3.63) is 11.8 Å². The van der Waals surface area contributed by atoms with Crippen molar-refractivity contribution < 1.29 is 9.84 Å². The van der Waals surface area contributed by atoms with Gasteiger partial charge in [-0.3, -0.25) is 0 Å². The van der Waals surface area contributed by atoms with Crippen LogP contribution in [-0.4, -0.2) is 34.3 Å². The Morgan fingerprint density at radius 3 is 2.89 bits per heavy atom. The molecule has 0 fully saturated rings. The van der Waals surface area contributed by atoms with Crippen molar-refractivity contribution in [2.45, 2.75) is 46.1 Å². The molecule has 18 heavy (non-hydrogen) atoms. The number of nitrogens with one attached hydrogen (secondary N) is 1. The van der Waals surface area contributed by atoms with Crippen LogP contribution in [0.4, 0.5) is 5.95 Å². The van der Waals surface area contributed by atoms with Crippen LogP contribution in [-0.2, 0) is 0 Å². The molecule has 0 amide bonds. The summed E-state index contributed by atoms with van der Waals surface area (Å²) < 4.78 is 5.49. The van der Waals surface area contributed by atoms with Crippen LogP contribution < -0.4 is 10.1 Å². The molecule has 1 heterocycles. The lowest BCUT2D eigenvalue weighted by atomic mass is 10.2. The maximum atomic E-state index is 9.16. The van der Waals surface area contributed by atoms with Crippen LogP contribution in [0.3, 0.4) is 0 Å². The van der Waals surface area contributed by atoms with E-state index in [1.165, 1.54) is 0 Å². The van der Waals surface area contributed by atoms with E-state index in [2.05, 4.69) is 22.2 Å². The zero-order chi connectivity index (χ0) is 13.4. The largest absolute Gasteiger partial charge is 0.478 e. The number of ether oxygens (including phenoxy) is 1. The molecule has 0 bridgehead atoms. The molecule has 0 aliphatic heterocycles. The Labute approximate surface area is 109 Å². The van der Waals surface area contributed by atoms with Crippen LogP contribution in [0.5, 0.6) is 5.88 Å². The first-order valence-corrected chi connectivity index (χ1v) is 6.52. The van der Waals surface area contributed by atoms with Crippen molar-refractivity contribution in [3.8, 4) is 5.88 Å². The Bertz CT molecular complexity index is 356. The molecule has 0 spiro atoms. The standard InChI is InChI=1S/C13H23N3O2/c1-4-8-18-12-9-10(2)15-13(16-12)14-7-5-6-11(3)17/h9,11,17H,4-8H2,1-3H3,(H,14,15,16). The van der Waals surface area contributed by atoms with Gasteiger partial charge in [-0.15, -0.1) is 0 Å².